The van der Waals surface area contributed by atoms with E-state index in [2.05, 4.69) is 15.1 Å². The molecule has 36 heavy (non-hydrogen) atoms. The van der Waals surface area contributed by atoms with Gasteiger partial charge in [-0.15, -0.1) is 0 Å². The summed E-state index contributed by atoms with van der Waals surface area (Å²) in [6.07, 6.45) is 1.91. The first kappa shape index (κ1) is 25.1. The Morgan fingerprint density at radius 3 is 2.39 bits per heavy atom. The molecule has 2 heterocycles. The summed E-state index contributed by atoms with van der Waals surface area (Å²) in [5.41, 5.74) is 2.46. The normalized spacial score (nSPS) is 16.5. The molecular formula is C25H19Cl2N5O4. The van der Waals surface area contributed by atoms with Crippen LogP contribution in [-0.2, 0) is 15.2 Å². The van der Waals surface area contributed by atoms with Crippen molar-refractivity contribution in [3.05, 3.63) is 86.7 Å². The molecule has 1 unspecified atom stereocenters. The number of oxime groups is 1. The largest absolute Gasteiger partial charge is 0.452 e. The summed E-state index contributed by atoms with van der Waals surface area (Å²) in [5, 5.41) is 14.2. The number of hydrogen-bond donors (Lipinski definition) is 0. The first-order valence-corrected chi connectivity index (χ1v) is 11.4. The smallest absolute Gasteiger partial charge is 0.423 e. The molecule has 0 bridgehead atoms. The third-order valence-corrected chi connectivity index (χ3v) is 6.09. The number of halogens is 2. The number of nitrogens with zero attached hydrogens (tertiary/aromatic N) is 5. The number of anilines is 1. The van der Waals surface area contributed by atoms with E-state index in [-0.39, 0.29) is 17.1 Å². The molecule has 0 N–H and O–H groups in total. The molecule has 2 amide bonds. The number of benzene rings is 2. The maximum absolute atomic E-state index is 13.3. The quantitative estimate of drug-likeness (QED) is 0.448. The highest BCUT2D eigenvalue weighted by atomic mass is 35.5. The van der Waals surface area contributed by atoms with Gasteiger partial charge in [-0.05, 0) is 55.3 Å². The van der Waals surface area contributed by atoms with Crippen LogP contribution < -0.4 is 4.90 Å². The number of carbonyl (C=O) groups excluding carboxylic acids is 2. The van der Waals surface area contributed by atoms with Crippen molar-refractivity contribution in [2.24, 2.45) is 5.16 Å². The van der Waals surface area contributed by atoms with Crippen molar-refractivity contribution in [3.63, 3.8) is 0 Å². The average Bonchev–Trinajstić information content (AvgIpc) is 3.27. The summed E-state index contributed by atoms with van der Waals surface area (Å²) in [5.74, 6) is -0.891. The van der Waals surface area contributed by atoms with Gasteiger partial charge in [-0.25, -0.2) is 14.8 Å². The summed E-state index contributed by atoms with van der Waals surface area (Å²) < 4.78 is 4.76. The second kappa shape index (κ2) is 9.93. The second-order valence-electron chi connectivity index (χ2n) is 8.22. The summed E-state index contributed by atoms with van der Waals surface area (Å²) in [4.78, 5) is 40.1. The highest BCUT2D eigenvalue weighted by Gasteiger charge is 2.37. The van der Waals surface area contributed by atoms with Gasteiger partial charge in [0.25, 0.3) is 5.91 Å². The molecular weight excluding hydrogens is 505 g/mol. The Labute approximate surface area is 216 Å². The molecule has 0 saturated carbocycles. The Kier molecular flexibility index (Phi) is 6.93. The van der Waals surface area contributed by atoms with Crippen LogP contribution in [0.25, 0.3) is 0 Å². The molecule has 2 aromatic carbocycles. The van der Waals surface area contributed by atoms with Crippen molar-refractivity contribution in [3.8, 4) is 6.07 Å². The molecule has 1 aliphatic rings. The molecule has 0 radical (unpaired) electrons. The van der Waals surface area contributed by atoms with Crippen molar-refractivity contribution in [2.45, 2.75) is 25.9 Å². The fourth-order valence-electron chi connectivity index (χ4n) is 3.75. The first-order chi connectivity index (χ1) is 17.1. The van der Waals surface area contributed by atoms with Gasteiger partial charge in [0.15, 0.2) is 5.60 Å². The van der Waals surface area contributed by atoms with Crippen LogP contribution in [-0.4, -0.2) is 34.8 Å². The minimum Gasteiger partial charge on any atom is -0.452 e. The maximum atomic E-state index is 13.3. The van der Waals surface area contributed by atoms with Crippen molar-refractivity contribution in [2.75, 3.05) is 12.0 Å². The third-order valence-electron chi connectivity index (χ3n) is 5.65. The van der Waals surface area contributed by atoms with Crippen LogP contribution in [0.1, 0.15) is 46.0 Å². The number of imide groups is 1. The zero-order valence-corrected chi connectivity index (χ0v) is 21.0. The van der Waals surface area contributed by atoms with Gasteiger partial charge in [0.2, 0.25) is 5.95 Å². The molecule has 1 aliphatic heterocycles. The van der Waals surface area contributed by atoms with Gasteiger partial charge in [0.05, 0.1) is 30.8 Å². The van der Waals surface area contributed by atoms with Crippen molar-refractivity contribution < 1.29 is 19.2 Å². The van der Waals surface area contributed by atoms with Crippen LogP contribution in [0.3, 0.4) is 0 Å². The number of methoxy groups -OCH3 is 1. The molecule has 0 aliphatic carbocycles. The Morgan fingerprint density at radius 1 is 1.14 bits per heavy atom. The molecule has 0 spiro atoms. The van der Waals surface area contributed by atoms with E-state index in [1.807, 2.05) is 13.0 Å². The molecule has 0 fully saturated rings. The van der Waals surface area contributed by atoms with Crippen LogP contribution in [0.4, 0.5) is 10.7 Å². The number of carbonyl (C=O) groups is 2. The zero-order valence-electron chi connectivity index (χ0n) is 19.5. The minimum atomic E-state index is -0.960. The van der Waals surface area contributed by atoms with Crippen LogP contribution in [0.5, 0.6) is 0 Å². The van der Waals surface area contributed by atoms with Crippen LogP contribution >= 0.6 is 23.2 Å². The number of nitriles is 1. The highest BCUT2D eigenvalue weighted by molar-refractivity contribution is 6.34. The molecule has 11 heteroatoms. The molecule has 1 aromatic heterocycles. The number of aromatic nitrogens is 2. The van der Waals surface area contributed by atoms with Gasteiger partial charge in [-0.1, -0.05) is 34.4 Å². The SMILES string of the molecule is COC(=O)N(C(=O)c1ccc(C2=NOC(C)(c3cc(Cl)cc(Cl)c3)C2)cc1C)c1ncc(C#N)cn1. The van der Waals surface area contributed by atoms with Crippen LogP contribution in [0, 0.1) is 18.3 Å². The van der Waals surface area contributed by atoms with Crippen molar-refractivity contribution in [1.82, 2.24) is 9.97 Å². The number of amides is 2. The molecule has 9 nitrogen and oxygen atoms in total. The lowest BCUT2D eigenvalue weighted by atomic mass is 9.88. The molecule has 182 valence electrons. The summed E-state index contributed by atoms with van der Waals surface area (Å²) in [6, 6.07) is 12.2. The Bertz CT molecular complexity index is 1420. The number of aryl methyl sites for hydroxylation is 1. The summed E-state index contributed by atoms with van der Waals surface area (Å²) >= 11 is 12.3. The molecule has 4 rings (SSSR count). The maximum Gasteiger partial charge on any atom is 0.423 e. The van der Waals surface area contributed by atoms with Crippen molar-refractivity contribution >= 4 is 46.9 Å². The summed E-state index contributed by atoms with van der Waals surface area (Å²) in [7, 11) is 1.14. The van der Waals surface area contributed by atoms with Crippen LogP contribution in [0.15, 0.2) is 53.9 Å². The van der Waals surface area contributed by atoms with Crippen molar-refractivity contribution in [1.29, 1.82) is 5.26 Å². The number of hydrogen-bond acceptors (Lipinski definition) is 8. The Balaban J connectivity index is 1.60. The molecule has 3 aromatic rings. The van der Waals surface area contributed by atoms with E-state index < -0.39 is 17.6 Å². The van der Waals surface area contributed by atoms with E-state index in [4.69, 9.17) is 38.0 Å². The van der Waals surface area contributed by atoms with Gasteiger partial charge < -0.3 is 9.57 Å². The minimum absolute atomic E-state index is 0.183. The number of ether oxygens (including phenoxy) is 1. The average molecular weight is 524 g/mol. The van der Waals surface area contributed by atoms with E-state index in [1.165, 1.54) is 12.4 Å². The van der Waals surface area contributed by atoms with E-state index >= 15 is 0 Å². The predicted octanol–water partition coefficient (Wildman–Crippen LogP) is 5.42. The topological polar surface area (TPSA) is 118 Å². The monoisotopic (exact) mass is 523 g/mol. The van der Waals surface area contributed by atoms with Gasteiger partial charge in [0, 0.05) is 27.6 Å². The van der Waals surface area contributed by atoms with E-state index in [1.54, 1.807) is 43.3 Å². The van der Waals surface area contributed by atoms with E-state index in [0.29, 0.717) is 32.6 Å². The van der Waals surface area contributed by atoms with Crippen LogP contribution in [0.2, 0.25) is 10.0 Å². The Morgan fingerprint density at radius 2 is 1.81 bits per heavy atom. The fourth-order valence-corrected chi connectivity index (χ4v) is 4.28. The lowest BCUT2D eigenvalue weighted by Crippen LogP contribution is -2.38. The lowest BCUT2D eigenvalue weighted by molar-refractivity contribution is -0.00737. The lowest BCUT2D eigenvalue weighted by Gasteiger charge is -2.22. The third kappa shape index (κ3) is 4.87. The molecule has 1 atom stereocenters. The van der Waals surface area contributed by atoms with E-state index in [0.717, 1.165) is 18.2 Å². The van der Waals surface area contributed by atoms with Gasteiger partial charge in [0.1, 0.15) is 6.07 Å². The predicted molar refractivity (Wildman–Crippen MR) is 133 cm³/mol. The van der Waals surface area contributed by atoms with E-state index in [9.17, 15) is 9.59 Å². The standard InChI is InChI=1S/C25H19Cl2N5O4/c1-14-6-16(21-10-25(2,36-31-21)17-7-18(26)9-19(27)8-17)4-5-20(14)22(33)32(24(34)35-3)23-29-12-15(11-28)13-30-23/h4-9,12-13H,10H2,1-3H3. The zero-order chi connectivity index (χ0) is 26.0. The van der Waals surface area contributed by atoms with Gasteiger partial charge in [-0.3, -0.25) is 4.79 Å². The molecule has 0 saturated heterocycles. The van der Waals surface area contributed by atoms with Gasteiger partial charge in [-0.2, -0.15) is 10.2 Å². The summed E-state index contributed by atoms with van der Waals surface area (Å²) in [6.45, 7) is 3.63. The Hall–Kier alpha value is -4.00. The van der Waals surface area contributed by atoms with Gasteiger partial charge >= 0.3 is 6.09 Å². The first-order valence-electron chi connectivity index (χ1n) is 10.6. The fraction of sp³-hybridized carbons (Fsp3) is 0.200. The highest BCUT2D eigenvalue weighted by Crippen LogP contribution is 2.38. The second-order valence-corrected chi connectivity index (χ2v) is 9.09. The number of rotatable bonds is 4.